The first kappa shape index (κ1) is 21.3. The molecule has 1 aliphatic rings. The van der Waals surface area contributed by atoms with Crippen molar-refractivity contribution in [2.75, 3.05) is 18.4 Å². The zero-order valence-electron chi connectivity index (χ0n) is 14.7. The number of nitrogens with two attached hydrogens (primary N) is 1. The summed E-state index contributed by atoms with van der Waals surface area (Å²) in [4.78, 5) is 14.2. The van der Waals surface area contributed by atoms with Gasteiger partial charge < -0.3 is 26.0 Å². The molecule has 1 saturated heterocycles. The minimum atomic E-state index is -1.23. The Morgan fingerprint density at radius 2 is 1.96 bits per heavy atom. The molecule has 5 N–H and O–H groups in total. The molecule has 0 aliphatic carbocycles. The summed E-state index contributed by atoms with van der Waals surface area (Å²) >= 11 is 11.8. The number of likely N-dealkylation sites (tertiary alicyclic amines) is 1. The molecule has 1 aromatic rings. The fourth-order valence-corrected chi connectivity index (χ4v) is 3.55. The summed E-state index contributed by atoms with van der Waals surface area (Å²) in [6.07, 6.45) is 4.65. The molecular formula is C17H26BCl2N3O3. The number of anilines is 1. The number of nitrogens with one attached hydrogen (secondary N) is 1. The van der Waals surface area contributed by atoms with Crippen molar-refractivity contribution < 1.29 is 14.8 Å². The Bertz CT molecular complexity index is 599. The molecule has 144 valence electrons. The molecule has 1 aromatic carbocycles. The summed E-state index contributed by atoms with van der Waals surface area (Å²) in [6, 6.07) is 4.95. The predicted molar refractivity (Wildman–Crippen MR) is 107 cm³/mol. The Labute approximate surface area is 164 Å². The number of unbranched alkanes of at least 4 members (excludes halogenated alkanes) is 1. The smallest absolute Gasteiger partial charge is 0.427 e. The molecule has 0 saturated carbocycles. The van der Waals surface area contributed by atoms with Crippen molar-refractivity contribution >= 4 is 42.0 Å². The van der Waals surface area contributed by atoms with Gasteiger partial charge in [-0.15, -0.1) is 0 Å². The molecule has 0 radical (unpaired) electrons. The number of carbonyl (C=O) groups is 1. The first-order valence-corrected chi connectivity index (χ1v) is 9.75. The molecule has 0 bridgehead atoms. The second kappa shape index (κ2) is 10.4. The second-order valence-corrected chi connectivity index (χ2v) is 7.63. The predicted octanol–water partition coefficient (Wildman–Crippen LogP) is 3.21. The zero-order chi connectivity index (χ0) is 19.1. The van der Waals surface area contributed by atoms with E-state index in [1.807, 2.05) is 0 Å². The van der Waals surface area contributed by atoms with E-state index < -0.39 is 7.12 Å². The van der Waals surface area contributed by atoms with Crippen LogP contribution in [0.15, 0.2) is 18.2 Å². The number of benzene rings is 1. The van der Waals surface area contributed by atoms with Gasteiger partial charge in [0.1, 0.15) is 0 Å². The van der Waals surface area contributed by atoms with Crippen LogP contribution in [0.2, 0.25) is 16.4 Å². The highest BCUT2D eigenvalue weighted by Crippen LogP contribution is 2.26. The van der Waals surface area contributed by atoms with Gasteiger partial charge >= 0.3 is 13.1 Å². The highest BCUT2D eigenvalue weighted by atomic mass is 35.5. The summed E-state index contributed by atoms with van der Waals surface area (Å²) in [5, 5.41) is 21.4. The molecule has 26 heavy (non-hydrogen) atoms. The molecule has 1 unspecified atom stereocenters. The van der Waals surface area contributed by atoms with Gasteiger partial charge in [0.2, 0.25) is 0 Å². The lowest BCUT2D eigenvalue weighted by molar-refractivity contribution is 0.172. The van der Waals surface area contributed by atoms with Crippen molar-refractivity contribution in [1.29, 1.82) is 0 Å². The van der Waals surface area contributed by atoms with Gasteiger partial charge in [0.05, 0.1) is 10.0 Å². The number of hydrogen-bond acceptors (Lipinski definition) is 4. The van der Waals surface area contributed by atoms with Gasteiger partial charge in [0, 0.05) is 24.8 Å². The Balaban J connectivity index is 1.73. The first-order chi connectivity index (χ1) is 12.4. The molecule has 2 rings (SSSR count). The maximum absolute atomic E-state index is 12.4. The summed E-state index contributed by atoms with van der Waals surface area (Å²) < 4.78 is 0. The molecule has 2 amide bonds. The number of piperidine rings is 1. The van der Waals surface area contributed by atoms with E-state index in [0.717, 1.165) is 32.1 Å². The molecule has 1 fully saturated rings. The van der Waals surface area contributed by atoms with E-state index in [-0.39, 0.29) is 12.1 Å². The topological polar surface area (TPSA) is 98.8 Å². The minimum absolute atomic E-state index is 0.0890. The SMILES string of the molecule is NC(CCCCB(O)O)C1CCN(C(=O)Nc2ccc(Cl)c(Cl)c2)CC1. The Morgan fingerprint density at radius 1 is 1.27 bits per heavy atom. The third kappa shape index (κ3) is 6.63. The van der Waals surface area contributed by atoms with Crippen LogP contribution in [-0.4, -0.2) is 47.2 Å². The standard InChI is InChI=1S/C17H26BCl2N3O3/c19-14-5-4-13(11-15(14)20)22-17(24)23-9-6-12(7-10-23)16(21)3-1-2-8-18(25)26/h4-5,11-12,16,25-26H,1-3,6-10,21H2,(H,22,24). The fourth-order valence-electron chi connectivity index (χ4n) is 3.25. The number of nitrogens with zero attached hydrogens (tertiary/aromatic N) is 1. The van der Waals surface area contributed by atoms with Gasteiger partial charge in [-0.2, -0.15) is 0 Å². The van der Waals surface area contributed by atoms with Gasteiger partial charge in [-0.3, -0.25) is 0 Å². The first-order valence-electron chi connectivity index (χ1n) is 8.99. The van der Waals surface area contributed by atoms with Crippen molar-refractivity contribution in [2.24, 2.45) is 11.7 Å². The van der Waals surface area contributed by atoms with Crippen LogP contribution in [0.5, 0.6) is 0 Å². The molecule has 9 heteroatoms. The number of carbonyl (C=O) groups excluding carboxylic acids is 1. The Hall–Kier alpha value is -0.985. The normalized spacial score (nSPS) is 16.4. The van der Waals surface area contributed by atoms with Gasteiger partial charge in [0.15, 0.2) is 0 Å². The Kier molecular flexibility index (Phi) is 8.51. The van der Waals surface area contributed by atoms with Crippen molar-refractivity contribution in [3.05, 3.63) is 28.2 Å². The maximum Gasteiger partial charge on any atom is 0.451 e. The number of hydrogen-bond donors (Lipinski definition) is 4. The summed E-state index contributed by atoms with van der Waals surface area (Å²) in [7, 11) is -1.23. The average molecular weight is 402 g/mol. The molecule has 0 aromatic heterocycles. The van der Waals surface area contributed by atoms with E-state index >= 15 is 0 Å². The van der Waals surface area contributed by atoms with E-state index in [4.69, 9.17) is 39.0 Å². The van der Waals surface area contributed by atoms with E-state index in [1.165, 1.54) is 0 Å². The number of rotatable bonds is 7. The van der Waals surface area contributed by atoms with Crippen LogP contribution in [0.4, 0.5) is 10.5 Å². The van der Waals surface area contributed by atoms with Crippen LogP contribution < -0.4 is 11.1 Å². The third-order valence-electron chi connectivity index (χ3n) is 4.85. The molecular weight excluding hydrogens is 376 g/mol. The monoisotopic (exact) mass is 401 g/mol. The van der Waals surface area contributed by atoms with Crippen LogP contribution in [0, 0.1) is 5.92 Å². The largest absolute Gasteiger partial charge is 0.451 e. The van der Waals surface area contributed by atoms with Crippen LogP contribution in [0.3, 0.4) is 0 Å². The van der Waals surface area contributed by atoms with Crippen LogP contribution in [0.25, 0.3) is 0 Å². The summed E-state index contributed by atoms with van der Waals surface area (Å²) in [5.41, 5.74) is 6.89. The minimum Gasteiger partial charge on any atom is -0.427 e. The fraction of sp³-hybridized carbons (Fsp3) is 0.588. The van der Waals surface area contributed by atoms with Gasteiger partial charge in [0.25, 0.3) is 0 Å². The van der Waals surface area contributed by atoms with Crippen LogP contribution in [0.1, 0.15) is 32.1 Å². The quantitative estimate of drug-likeness (QED) is 0.416. The lowest BCUT2D eigenvalue weighted by Gasteiger charge is -2.34. The number of halogens is 2. The molecule has 1 atom stereocenters. The van der Waals surface area contributed by atoms with E-state index in [1.54, 1.807) is 23.1 Å². The summed E-state index contributed by atoms with van der Waals surface area (Å²) in [5.74, 6) is 0.392. The van der Waals surface area contributed by atoms with Gasteiger partial charge in [-0.25, -0.2) is 4.79 Å². The van der Waals surface area contributed by atoms with Crippen LogP contribution >= 0.6 is 23.2 Å². The van der Waals surface area contributed by atoms with Crippen molar-refractivity contribution in [2.45, 2.75) is 44.5 Å². The molecule has 0 spiro atoms. The highest BCUT2D eigenvalue weighted by molar-refractivity contribution is 6.42. The van der Waals surface area contributed by atoms with Crippen molar-refractivity contribution in [3.63, 3.8) is 0 Å². The van der Waals surface area contributed by atoms with Crippen molar-refractivity contribution in [1.82, 2.24) is 4.90 Å². The highest BCUT2D eigenvalue weighted by Gasteiger charge is 2.26. The van der Waals surface area contributed by atoms with E-state index in [0.29, 0.717) is 41.1 Å². The average Bonchev–Trinajstić information content (AvgIpc) is 2.61. The lowest BCUT2D eigenvalue weighted by atomic mass is 9.82. The molecule has 6 nitrogen and oxygen atoms in total. The molecule has 1 aliphatic heterocycles. The van der Waals surface area contributed by atoms with E-state index in [9.17, 15) is 4.79 Å². The lowest BCUT2D eigenvalue weighted by Crippen LogP contribution is -2.45. The van der Waals surface area contributed by atoms with Gasteiger partial charge in [-0.1, -0.05) is 36.0 Å². The second-order valence-electron chi connectivity index (χ2n) is 6.81. The third-order valence-corrected chi connectivity index (χ3v) is 5.59. The number of urea groups is 1. The maximum atomic E-state index is 12.4. The van der Waals surface area contributed by atoms with Crippen molar-refractivity contribution in [3.8, 4) is 0 Å². The Morgan fingerprint density at radius 3 is 2.58 bits per heavy atom. The van der Waals surface area contributed by atoms with Crippen LogP contribution in [-0.2, 0) is 0 Å². The van der Waals surface area contributed by atoms with Gasteiger partial charge in [-0.05, 0) is 49.7 Å². The summed E-state index contributed by atoms with van der Waals surface area (Å²) in [6.45, 7) is 1.34. The zero-order valence-corrected chi connectivity index (χ0v) is 16.2. The number of amides is 2. The van der Waals surface area contributed by atoms with E-state index in [2.05, 4.69) is 5.32 Å². The molecule has 1 heterocycles.